The van der Waals surface area contributed by atoms with Crippen LogP contribution in [0.5, 0.6) is 0 Å². The molecule has 98 valence electrons. The minimum Gasteiger partial charge on any atom is -0.362 e. The molecule has 1 atom stereocenters. The Morgan fingerprint density at radius 2 is 1.95 bits per heavy atom. The van der Waals surface area contributed by atoms with Gasteiger partial charge in [0, 0.05) is 31.5 Å². The van der Waals surface area contributed by atoms with Gasteiger partial charge in [-0.25, -0.2) is 4.98 Å². The number of pyridine rings is 1. The molecule has 0 fully saturated rings. The van der Waals surface area contributed by atoms with Crippen LogP contribution < -0.4 is 10.2 Å². The van der Waals surface area contributed by atoms with E-state index in [-0.39, 0.29) is 11.8 Å². The van der Waals surface area contributed by atoms with Crippen LogP contribution in [0.15, 0.2) is 24.3 Å². The van der Waals surface area contributed by atoms with Gasteiger partial charge in [0.1, 0.15) is 11.6 Å². The van der Waals surface area contributed by atoms with Crippen molar-refractivity contribution in [3.8, 4) is 0 Å². The first kappa shape index (κ1) is 12.0. The molecule has 0 bridgehead atoms. The number of fused-ring (bicyclic) bond motifs is 3. The fourth-order valence-electron chi connectivity index (χ4n) is 2.77. The highest BCUT2D eigenvalue weighted by Gasteiger charge is 2.26. The predicted octanol–water partition coefficient (Wildman–Crippen LogP) is 2.75. The summed E-state index contributed by atoms with van der Waals surface area (Å²) in [6.45, 7) is 2.08. The van der Waals surface area contributed by atoms with Crippen molar-refractivity contribution in [2.24, 2.45) is 0 Å². The maximum atomic E-state index is 11.7. The van der Waals surface area contributed by atoms with Crippen LogP contribution in [0.1, 0.15) is 24.8 Å². The number of nitrogens with zero attached hydrogens (tertiary/aromatic N) is 2. The van der Waals surface area contributed by atoms with Gasteiger partial charge in [0.25, 0.3) is 0 Å². The summed E-state index contributed by atoms with van der Waals surface area (Å²) in [5.74, 6) is 1.86. The Morgan fingerprint density at radius 3 is 2.63 bits per heavy atom. The summed E-state index contributed by atoms with van der Waals surface area (Å²) >= 11 is 0. The largest absolute Gasteiger partial charge is 0.362 e. The number of anilines is 2. The zero-order valence-corrected chi connectivity index (χ0v) is 11.4. The van der Waals surface area contributed by atoms with Crippen molar-refractivity contribution >= 4 is 28.3 Å². The van der Waals surface area contributed by atoms with E-state index in [1.807, 2.05) is 31.1 Å². The van der Waals surface area contributed by atoms with Crippen LogP contribution >= 0.6 is 0 Å². The highest BCUT2D eigenvalue weighted by atomic mass is 16.1. The fourth-order valence-corrected chi connectivity index (χ4v) is 2.77. The molecule has 1 aliphatic rings. The number of nitrogens with one attached hydrogen (secondary N) is 1. The summed E-state index contributed by atoms with van der Waals surface area (Å²) < 4.78 is 0. The van der Waals surface area contributed by atoms with Gasteiger partial charge in [-0.2, -0.15) is 0 Å². The number of hydrogen-bond acceptors (Lipinski definition) is 3. The second kappa shape index (κ2) is 4.23. The standard InChI is InChI=1S/C15H17N3O/c1-9-8-12(19)16-14-13(9)10-6-4-5-7-11(10)15(17-14)18(2)3/h4-7,9H,8H2,1-3H3,(H,16,17,19). The Kier molecular flexibility index (Phi) is 2.66. The second-order valence-electron chi connectivity index (χ2n) is 5.29. The summed E-state index contributed by atoms with van der Waals surface area (Å²) in [6.07, 6.45) is 0.528. The van der Waals surface area contributed by atoms with Crippen molar-refractivity contribution in [3.63, 3.8) is 0 Å². The molecule has 4 nitrogen and oxygen atoms in total. The number of hydrogen-bond donors (Lipinski definition) is 1. The van der Waals surface area contributed by atoms with E-state index >= 15 is 0 Å². The molecule has 1 aliphatic heterocycles. The van der Waals surface area contributed by atoms with Crippen molar-refractivity contribution in [2.45, 2.75) is 19.3 Å². The summed E-state index contributed by atoms with van der Waals surface area (Å²) in [7, 11) is 3.94. The van der Waals surface area contributed by atoms with E-state index in [1.54, 1.807) is 0 Å². The zero-order chi connectivity index (χ0) is 13.6. The van der Waals surface area contributed by atoms with Crippen LogP contribution in [-0.2, 0) is 4.79 Å². The van der Waals surface area contributed by atoms with Gasteiger partial charge in [-0.05, 0) is 11.3 Å². The van der Waals surface area contributed by atoms with Gasteiger partial charge in [-0.15, -0.1) is 0 Å². The predicted molar refractivity (Wildman–Crippen MR) is 77.7 cm³/mol. The Labute approximate surface area is 112 Å². The van der Waals surface area contributed by atoms with Crippen LogP contribution in [0, 0.1) is 0 Å². The topological polar surface area (TPSA) is 45.2 Å². The summed E-state index contributed by atoms with van der Waals surface area (Å²) in [4.78, 5) is 18.3. The van der Waals surface area contributed by atoms with Gasteiger partial charge in [0.2, 0.25) is 5.91 Å². The van der Waals surface area contributed by atoms with E-state index in [4.69, 9.17) is 0 Å². The van der Waals surface area contributed by atoms with Gasteiger partial charge < -0.3 is 10.2 Å². The number of rotatable bonds is 1. The quantitative estimate of drug-likeness (QED) is 0.852. The third kappa shape index (κ3) is 1.84. The molecule has 3 rings (SSSR count). The van der Waals surface area contributed by atoms with Crippen LogP contribution in [-0.4, -0.2) is 25.0 Å². The lowest BCUT2D eigenvalue weighted by Crippen LogP contribution is -2.24. The first-order valence-electron chi connectivity index (χ1n) is 6.47. The molecule has 2 aromatic rings. The lowest BCUT2D eigenvalue weighted by Gasteiger charge is -2.26. The number of aromatic nitrogens is 1. The van der Waals surface area contributed by atoms with E-state index in [0.29, 0.717) is 12.2 Å². The Balaban J connectivity index is 2.37. The van der Waals surface area contributed by atoms with Gasteiger partial charge in [0.15, 0.2) is 0 Å². The average Bonchev–Trinajstić information content (AvgIpc) is 2.36. The first-order valence-corrected chi connectivity index (χ1v) is 6.47. The van der Waals surface area contributed by atoms with E-state index in [2.05, 4.69) is 29.4 Å². The van der Waals surface area contributed by atoms with Crippen molar-refractivity contribution in [3.05, 3.63) is 29.8 Å². The van der Waals surface area contributed by atoms with Crippen LogP contribution in [0.3, 0.4) is 0 Å². The second-order valence-corrected chi connectivity index (χ2v) is 5.29. The minimum absolute atomic E-state index is 0.0486. The maximum Gasteiger partial charge on any atom is 0.226 e. The molecule has 4 heteroatoms. The van der Waals surface area contributed by atoms with E-state index in [1.165, 1.54) is 5.39 Å². The number of amides is 1. The molecule has 19 heavy (non-hydrogen) atoms. The molecule has 0 aliphatic carbocycles. The molecule has 1 aromatic carbocycles. The van der Waals surface area contributed by atoms with Gasteiger partial charge >= 0.3 is 0 Å². The van der Waals surface area contributed by atoms with E-state index < -0.39 is 0 Å². The Bertz CT molecular complexity index is 664. The van der Waals surface area contributed by atoms with Gasteiger partial charge in [-0.1, -0.05) is 31.2 Å². The molecule has 1 amide bonds. The van der Waals surface area contributed by atoms with Crippen LogP contribution in [0.2, 0.25) is 0 Å². The van der Waals surface area contributed by atoms with Crippen LogP contribution in [0.25, 0.3) is 10.8 Å². The van der Waals surface area contributed by atoms with Crippen molar-refractivity contribution in [1.82, 2.24) is 4.98 Å². The van der Waals surface area contributed by atoms with Gasteiger partial charge in [-0.3, -0.25) is 4.79 Å². The lowest BCUT2D eigenvalue weighted by molar-refractivity contribution is -0.116. The van der Waals surface area contributed by atoms with E-state index in [0.717, 1.165) is 16.8 Å². The summed E-state index contributed by atoms with van der Waals surface area (Å²) in [5, 5.41) is 5.22. The molecule has 1 N–H and O–H groups in total. The smallest absolute Gasteiger partial charge is 0.226 e. The molecule has 0 radical (unpaired) electrons. The van der Waals surface area contributed by atoms with Gasteiger partial charge in [0.05, 0.1) is 0 Å². The van der Waals surface area contributed by atoms with E-state index in [9.17, 15) is 4.79 Å². The molecule has 2 heterocycles. The molecule has 0 spiro atoms. The first-order chi connectivity index (χ1) is 9.08. The molecular weight excluding hydrogens is 238 g/mol. The number of carbonyl (C=O) groups excluding carboxylic acids is 1. The molecule has 0 saturated heterocycles. The van der Waals surface area contributed by atoms with Crippen LogP contribution in [0.4, 0.5) is 11.6 Å². The van der Waals surface area contributed by atoms with Crippen molar-refractivity contribution in [1.29, 1.82) is 0 Å². The SMILES string of the molecule is CC1CC(=O)Nc2nc(N(C)C)c3ccccc3c21. The number of benzene rings is 1. The lowest BCUT2D eigenvalue weighted by atomic mass is 9.90. The molecule has 0 saturated carbocycles. The monoisotopic (exact) mass is 255 g/mol. The normalized spacial score (nSPS) is 18.1. The molecular formula is C15H17N3O. The summed E-state index contributed by atoms with van der Waals surface area (Å²) in [5.41, 5.74) is 1.15. The van der Waals surface area contributed by atoms with Crippen molar-refractivity contribution < 1.29 is 4.79 Å². The van der Waals surface area contributed by atoms with Crippen molar-refractivity contribution in [2.75, 3.05) is 24.3 Å². The average molecular weight is 255 g/mol. The Morgan fingerprint density at radius 1 is 1.26 bits per heavy atom. The highest BCUT2D eigenvalue weighted by Crippen LogP contribution is 2.39. The fraction of sp³-hybridized carbons (Fsp3) is 0.333. The number of carbonyl (C=O) groups is 1. The maximum absolute atomic E-state index is 11.7. The highest BCUT2D eigenvalue weighted by molar-refractivity contribution is 6.03. The molecule has 1 aromatic heterocycles. The third-order valence-electron chi connectivity index (χ3n) is 3.60. The zero-order valence-electron chi connectivity index (χ0n) is 11.4. The minimum atomic E-state index is 0.0486. The third-order valence-corrected chi connectivity index (χ3v) is 3.60. The molecule has 1 unspecified atom stereocenters. The Hall–Kier alpha value is -2.10. The summed E-state index contributed by atoms with van der Waals surface area (Å²) in [6, 6.07) is 8.25.